The van der Waals surface area contributed by atoms with Gasteiger partial charge in [-0.3, -0.25) is 4.79 Å². The van der Waals surface area contributed by atoms with Gasteiger partial charge in [0.1, 0.15) is 11.6 Å². The van der Waals surface area contributed by atoms with E-state index in [1.54, 1.807) is 12.1 Å². The SMILES string of the molecule is CCc1nc(Oc2ccc(CN)cc2)cc(=O)[nH]1. The summed E-state index contributed by atoms with van der Waals surface area (Å²) in [4.78, 5) is 18.2. The van der Waals surface area contributed by atoms with Crippen LogP contribution in [0.5, 0.6) is 11.6 Å². The van der Waals surface area contributed by atoms with Crippen molar-refractivity contribution in [3.63, 3.8) is 0 Å². The van der Waals surface area contributed by atoms with Crippen LogP contribution in [0.15, 0.2) is 35.1 Å². The highest BCUT2D eigenvalue weighted by atomic mass is 16.5. The van der Waals surface area contributed by atoms with Crippen molar-refractivity contribution < 1.29 is 4.74 Å². The molecule has 5 heteroatoms. The zero-order valence-electron chi connectivity index (χ0n) is 10.1. The van der Waals surface area contributed by atoms with Crippen molar-refractivity contribution in [2.45, 2.75) is 19.9 Å². The van der Waals surface area contributed by atoms with Crippen LogP contribution < -0.4 is 16.0 Å². The molecule has 5 nitrogen and oxygen atoms in total. The summed E-state index contributed by atoms with van der Waals surface area (Å²) < 4.78 is 5.53. The van der Waals surface area contributed by atoms with Crippen molar-refractivity contribution in [2.75, 3.05) is 0 Å². The van der Waals surface area contributed by atoms with Gasteiger partial charge in [-0.2, -0.15) is 4.98 Å². The van der Waals surface area contributed by atoms with E-state index >= 15 is 0 Å². The fourth-order valence-electron chi connectivity index (χ4n) is 1.52. The fourth-order valence-corrected chi connectivity index (χ4v) is 1.52. The predicted octanol–water partition coefficient (Wildman–Crippen LogP) is 1.58. The molecule has 0 aliphatic carbocycles. The van der Waals surface area contributed by atoms with Crippen molar-refractivity contribution in [2.24, 2.45) is 5.73 Å². The molecule has 0 unspecified atom stereocenters. The van der Waals surface area contributed by atoms with E-state index in [1.807, 2.05) is 19.1 Å². The minimum Gasteiger partial charge on any atom is -0.439 e. The van der Waals surface area contributed by atoms with Crippen molar-refractivity contribution in [3.8, 4) is 11.6 Å². The Labute approximate surface area is 105 Å². The fraction of sp³-hybridized carbons (Fsp3) is 0.231. The molecule has 0 saturated carbocycles. The van der Waals surface area contributed by atoms with Crippen LogP contribution in [0.2, 0.25) is 0 Å². The second kappa shape index (κ2) is 5.46. The van der Waals surface area contributed by atoms with Gasteiger partial charge in [0, 0.05) is 13.0 Å². The van der Waals surface area contributed by atoms with E-state index in [2.05, 4.69) is 9.97 Å². The summed E-state index contributed by atoms with van der Waals surface area (Å²) in [7, 11) is 0. The lowest BCUT2D eigenvalue weighted by molar-refractivity contribution is 0.457. The second-order valence-corrected chi connectivity index (χ2v) is 3.83. The number of hydrogen-bond acceptors (Lipinski definition) is 4. The maximum atomic E-state index is 11.4. The normalized spacial score (nSPS) is 10.3. The smallest absolute Gasteiger partial charge is 0.254 e. The zero-order chi connectivity index (χ0) is 13.0. The lowest BCUT2D eigenvalue weighted by Crippen LogP contribution is -2.10. The van der Waals surface area contributed by atoms with Crippen LogP contribution in [0.25, 0.3) is 0 Å². The molecule has 1 aromatic heterocycles. The summed E-state index contributed by atoms with van der Waals surface area (Å²) in [5, 5.41) is 0. The lowest BCUT2D eigenvalue weighted by atomic mass is 10.2. The standard InChI is InChI=1S/C13H15N3O2/c1-2-11-15-12(17)7-13(16-11)18-10-5-3-9(8-14)4-6-10/h3-7H,2,8,14H2,1H3,(H,15,16,17). The van der Waals surface area contributed by atoms with Gasteiger partial charge in [0.2, 0.25) is 5.88 Å². The molecular formula is C13H15N3O2. The number of aromatic amines is 1. The van der Waals surface area contributed by atoms with E-state index in [4.69, 9.17) is 10.5 Å². The van der Waals surface area contributed by atoms with Crippen molar-refractivity contribution in [1.29, 1.82) is 0 Å². The van der Waals surface area contributed by atoms with Crippen LogP contribution in [-0.4, -0.2) is 9.97 Å². The van der Waals surface area contributed by atoms with E-state index < -0.39 is 0 Å². The van der Waals surface area contributed by atoms with Crippen LogP contribution in [0, 0.1) is 0 Å². The first-order valence-electron chi connectivity index (χ1n) is 5.78. The predicted molar refractivity (Wildman–Crippen MR) is 68.6 cm³/mol. The highest BCUT2D eigenvalue weighted by Gasteiger charge is 2.02. The molecule has 0 aliphatic rings. The third kappa shape index (κ3) is 2.95. The number of nitrogens with two attached hydrogens (primary N) is 1. The van der Waals surface area contributed by atoms with Gasteiger partial charge < -0.3 is 15.5 Å². The van der Waals surface area contributed by atoms with Gasteiger partial charge in [-0.1, -0.05) is 19.1 Å². The van der Waals surface area contributed by atoms with Crippen LogP contribution in [0.4, 0.5) is 0 Å². The summed E-state index contributed by atoms with van der Waals surface area (Å²) in [6.07, 6.45) is 0.651. The summed E-state index contributed by atoms with van der Waals surface area (Å²) in [5.41, 5.74) is 6.32. The minimum absolute atomic E-state index is 0.213. The average Bonchev–Trinajstić information content (AvgIpc) is 2.39. The molecule has 0 radical (unpaired) electrons. The molecule has 3 N–H and O–H groups in total. The third-order valence-corrected chi connectivity index (χ3v) is 2.48. The molecule has 0 spiro atoms. The van der Waals surface area contributed by atoms with Crippen LogP contribution >= 0.6 is 0 Å². The number of rotatable bonds is 4. The summed E-state index contributed by atoms with van der Waals surface area (Å²) in [5.74, 6) is 1.54. The number of hydrogen-bond donors (Lipinski definition) is 2. The number of aryl methyl sites for hydroxylation is 1. The van der Waals surface area contributed by atoms with Crippen molar-refractivity contribution in [1.82, 2.24) is 9.97 Å². The maximum Gasteiger partial charge on any atom is 0.254 e. The molecule has 0 bridgehead atoms. The van der Waals surface area contributed by atoms with Crippen molar-refractivity contribution in [3.05, 3.63) is 52.1 Å². The minimum atomic E-state index is -0.213. The molecule has 2 aromatic rings. The first kappa shape index (κ1) is 12.3. The molecule has 18 heavy (non-hydrogen) atoms. The van der Waals surface area contributed by atoms with E-state index in [0.717, 1.165) is 5.56 Å². The van der Waals surface area contributed by atoms with Gasteiger partial charge in [-0.05, 0) is 17.7 Å². The molecular weight excluding hydrogens is 230 g/mol. The van der Waals surface area contributed by atoms with Gasteiger partial charge >= 0.3 is 0 Å². The first-order valence-corrected chi connectivity index (χ1v) is 5.78. The van der Waals surface area contributed by atoms with Crippen LogP contribution in [0.1, 0.15) is 18.3 Å². The lowest BCUT2D eigenvalue weighted by Gasteiger charge is -2.06. The number of benzene rings is 1. The van der Waals surface area contributed by atoms with E-state index in [0.29, 0.717) is 30.4 Å². The van der Waals surface area contributed by atoms with Gasteiger partial charge in [0.05, 0.1) is 6.07 Å². The van der Waals surface area contributed by atoms with Crippen molar-refractivity contribution >= 4 is 0 Å². The molecule has 94 valence electrons. The van der Waals surface area contributed by atoms with Gasteiger partial charge in [-0.25, -0.2) is 0 Å². The highest BCUT2D eigenvalue weighted by Crippen LogP contribution is 2.18. The largest absolute Gasteiger partial charge is 0.439 e. The van der Waals surface area contributed by atoms with E-state index in [9.17, 15) is 4.79 Å². The summed E-state index contributed by atoms with van der Waals surface area (Å²) in [6, 6.07) is 8.69. The topological polar surface area (TPSA) is 81.0 Å². The Morgan fingerprint density at radius 2 is 2.06 bits per heavy atom. The molecule has 0 saturated heterocycles. The second-order valence-electron chi connectivity index (χ2n) is 3.83. The van der Waals surface area contributed by atoms with Gasteiger partial charge in [-0.15, -0.1) is 0 Å². The number of nitrogens with one attached hydrogen (secondary N) is 1. The Bertz CT molecular complexity index is 576. The molecule has 0 fully saturated rings. The highest BCUT2D eigenvalue weighted by molar-refractivity contribution is 5.30. The zero-order valence-corrected chi connectivity index (χ0v) is 10.1. The molecule has 1 heterocycles. The Morgan fingerprint density at radius 3 is 2.67 bits per heavy atom. The van der Waals surface area contributed by atoms with Gasteiger partial charge in [0.25, 0.3) is 5.56 Å². The van der Waals surface area contributed by atoms with Crippen LogP contribution in [-0.2, 0) is 13.0 Å². The average molecular weight is 245 g/mol. The number of nitrogens with zero attached hydrogens (tertiary/aromatic N) is 1. The van der Waals surface area contributed by atoms with E-state index in [-0.39, 0.29) is 5.56 Å². The molecule has 0 aliphatic heterocycles. The summed E-state index contributed by atoms with van der Waals surface area (Å²) >= 11 is 0. The molecule has 0 amide bonds. The Hall–Kier alpha value is -2.14. The molecule has 1 aromatic carbocycles. The molecule has 2 rings (SSSR count). The Balaban J connectivity index is 2.22. The monoisotopic (exact) mass is 245 g/mol. The maximum absolute atomic E-state index is 11.4. The van der Waals surface area contributed by atoms with E-state index in [1.165, 1.54) is 6.07 Å². The third-order valence-electron chi connectivity index (χ3n) is 2.48. The Morgan fingerprint density at radius 1 is 1.33 bits per heavy atom. The first-order chi connectivity index (χ1) is 8.71. The number of ether oxygens (including phenoxy) is 1. The number of H-pyrrole nitrogens is 1. The summed E-state index contributed by atoms with van der Waals surface area (Å²) in [6.45, 7) is 2.40. The van der Waals surface area contributed by atoms with Crippen LogP contribution in [0.3, 0.4) is 0 Å². The number of aromatic nitrogens is 2. The Kier molecular flexibility index (Phi) is 3.74. The van der Waals surface area contributed by atoms with Gasteiger partial charge in [0.15, 0.2) is 0 Å². The quantitative estimate of drug-likeness (QED) is 0.857. The molecule has 0 atom stereocenters.